The minimum absolute atomic E-state index is 0.0670. The highest BCUT2D eigenvalue weighted by atomic mass is 32.3. The van der Waals surface area contributed by atoms with Gasteiger partial charge in [0.2, 0.25) is 5.91 Å². The molecule has 4 rings (SSSR count). The van der Waals surface area contributed by atoms with Crippen LogP contribution in [0.5, 0.6) is 0 Å². The summed E-state index contributed by atoms with van der Waals surface area (Å²) in [6.07, 6.45) is 3.43. The third kappa shape index (κ3) is 7.04. The maximum absolute atomic E-state index is 13.7. The van der Waals surface area contributed by atoms with Gasteiger partial charge in [-0.15, -0.1) is 0 Å². The van der Waals surface area contributed by atoms with E-state index in [1.54, 1.807) is 23.1 Å². The maximum atomic E-state index is 13.7. The van der Waals surface area contributed by atoms with Crippen molar-refractivity contribution in [3.8, 4) is 11.1 Å². The first-order chi connectivity index (χ1) is 18.1. The van der Waals surface area contributed by atoms with E-state index in [2.05, 4.69) is 29.2 Å². The third-order valence-corrected chi connectivity index (χ3v) is 8.59. The molecule has 0 radical (unpaired) electrons. The number of hydrogen-bond donors (Lipinski definition) is 3. The molecule has 1 aliphatic rings. The fraction of sp³-hybridized carbons (Fsp3) is 0.267. The first-order valence-corrected chi connectivity index (χ1v) is 14.4. The van der Waals surface area contributed by atoms with Crippen LogP contribution in [0, 0.1) is 5.92 Å². The van der Waals surface area contributed by atoms with Crippen molar-refractivity contribution in [2.45, 2.75) is 19.4 Å². The molecule has 1 amide bonds. The molecule has 0 aliphatic carbocycles. The summed E-state index contributed by atoms with van der Waals surface area (Å²) in [6, 6.07) is 23.7. The van der Waals surface area contributed by atoms with Gasteiger partial charge in [-0.05, 0) is 65.4 Å². The summed E-state index contributed by atoms with van der Waals surface area (Å²) in [5.41, 5.74) is 5.62. The average molecular weight is 535 g/mol. The van der Waals surface area contributed by atoms with Gasteiger partial charge in [0.05, 0.1) is 6.54 Å². The molecular formula is C30H34N2O5S. The number of amides is 1. The molecule has 1 saturated heterocycles. The molecule has 1 aliphatic heterocycles. The van der Waals surface area contributed by atoms with E-state index in [-0.39, 0.29) is 23.3 Å². The molecule has 0 atom stereocenters. The van der Waals surface area contributed by atoms with Gasteiger partial charge in [0.1, 0.15) is 0 Å². The number of nitrogens with zero attached hydrogens (tertiary/aromatic N) is 2. The van der Waals surface area contributed by atoms with Crippen LogP contribution in [0.4, 0.5) is 11.4 Å². The minimum Gasteiger partial charge on any atom is -0.478 e. The Morgan fingerprint density at radius 2 is 1.50 bits per heavy atom. The van der Waals surface area contributed by atoms with Crippen molar-refractivity contribution in [2.24, 2.45) is 5.92 Å². The number of aliphatic carboxylic acids is 1. The van der Waals surface area contributed by atoms with Gasteiger partial charge in [0, 0.05) is 49.0 Å². The van der Waals surface area contributed by atoms with Crippen LogP contribution in [0.3, 0.4) is 0 Å². The predicted octanol–water partition coefficient (Wildman–Crippen LogP) is 6.21. The van der Waals surface area contributed by atoms with Crippen LogP contribution < -0.4 is 9.80 Å². The van der Waals surface area contributed by atoms with Crippen molar-refractivity contribution in [3.05, 3.63) is 90.0 Å². The number of carbonyl (C=O) groups is 2. The summed E-state index contributed by atoms with van der Waals surface area (Å²) < 4.78 is 20.0. The van der Waals surface area contributed by atoms with E-state index in [4.69, 9.17) is 5.11 Å². The smallest absolute Gasteiger partial charge is 0.328 e. The lowest BCUT2D eigenvalue weighted by atomic mass is 9.99. The third-order valence-electron chi connectivity index (χ3n) is 6.81. The Hall–Kier alpha value is -3.59. The van der Waals surface area contributed by atoms with Crippen LogP contribution >= 0.6 is 10.6 Å². The Balaban J connectivity index is 1.59. The Morgan fingerprint density at radius 3 is 2.08 bits per heavy atom. The molecule has 0 saturated carbocycles. The number of carboxylic acid groups (broad SMARTS) is 1. The number of anilines is 2. The molecule has 3 N–H and O–H groups in total. The quantitative estimate of drug-likeness (QED) is 0.297. The number of carboxylic acids is 1. The summed E-state index contributed by atoms with van der Waals surface area (Å²) in [4.78, 5) is 28.5. The minimum atomic E-state index is -2.60. The molecule has 0 aromatic heterocycles. The Kier molecular flexibility index (Phi) is 8.56. The highest BCUT2D eigenvalue weighted by Crippen LogP contribution is 2.46. The molecule has 1 fully saturated rings. The van der Waals surface area contributed by atoms with Crippen LogP contribution in [0.15, 0.2) is 78.9 Å². The summed E-state index contributed by atoms with van der Waals surface area (Å²) >= 11 is 0. The zero-order valence-electron chi connectivity index (χ0n) is 21.7. The fourth-order valence-electron chi connectivity index (χ4n) is 4.57. The fourth-order valence-corrected chi connectivity index (χ4v) is 6.10. The van der Waals surface area contributed by atoms with E-state index in [0.29, 0.717) is 30.6 Å². The monoisotopic (exact) mass is 534 g/mol. The Morgan fingerprint density at radius 1 is 0.895 bits per heavy atom. The number of rotatable bonds is 8. The van der Waals surface area contributed by atoms with Gasteiger partial charge in [0.25, 0.3) is 0 Å². The lowest BCUT2D eigenvalue weighted by Crippen LogP contribution is -2.38. The SMILES string of the molecule is CN(C)c1ccc(-c2ccc(CN(C(=O)C3CCS(O)(O)CC3)c3cccc(C=CC(=O)O)c3)cc2)cc1. The van der Waals surface area contributed by atoms with Gasteiger partial charge in [0.15, 0.2) is 0 Å². The molecule has 8 heteroatoms. The first-order valence-electron chi connectivity index (χ1n) is 12.5. The van der Waals surface area contributed by atoms with Crippen molar-refractivity contribution in [2.75, 3.05) is 35.4 Å². The first kappa shape index (κ1) is 27.4. The average Bonchev–Trinajstić information content (AvgIpc) is 2.91. The second-order valence-corrected chi connectivity index (χ2v) is 12.2. The van der Waals surface area contributed by atoms with Crippen LogP contribution in [-0.4, -0.2) is 51.7 Å². The van der Waals surface area contributed by atoms with Crippen LogP contribution in [0.2, 0.25) is 0 Å². The normalized spacial score (nSPS) is 16.2. The van der Waals surface area contributed by atoms with Gasteiger partial charge in [-0.25, -0.2) is 4.79 Å². The van der Waals surface area contributed by atoms with Crippen molar-refractivity contribution in [1.29, 1.82) is 0 Å². The van der Waals surface area contributed by atoms with Crippen LogP contribution in [0.25, 0.3) is 17.2 Å². The molecule has 0 unspecified atom stereocenters. The summed E-state index contributed by atoms with van der Waals surface area (Å²) in [5.74, 6) is -0.939. The Labute approximate surface area is 225 Å². The highest BCUT2D eigenvalue weighted by Gasteiger charge is 2.32. The van der Waals surface area contributed by atoms with E-state index >= 15 is 0 Å². The number of hydrogen-bond acceptors (Lipinski definition) is 5. The lowest BCUT2D eigenvalue weighted by Gasteiger charge is -2.40. The topological polar surface area (TPSA) is 101 Å². The van der Waals surface area contributed by atoms with Crippen molar-refractivity contribution in [3.63, 3.8) is 0 Å². The molecule has 3 aromatic rings. The van der Waals surface area contributed by atoms with Gasteiger partial charge in [-0.1, -0.05) is 48.5 Å². The van der Waals surface area contributed by atoms with E-state index in [9.17, 15) is 18.7 Å². The summed E-state index contributed by atoms with van der Waals surface area (Å²) in [5, 5.41) is 9.00. The molecule has 200 valence electrons. The molecule has 3 aromatic carbocycles. The second-order valence-electron chi connectivity index (χ2n) is 9.81. The zero-order chi connectivity index (χ0) is 27.3. The maximum Gasteiger partial charge on any atom is 0.328 e. The van der Waals surface area contributed by atoms with Gasteiger partial charge in [-0.3, -0.25) is 13.9 Å². The highest BCUT2D eigenvalue weighted by molar-refractivity contribution is 8.24. The predicted molar refractivity (Wildman–Crippen MR) is 156 cm³/mol. The second kappa shape index (κ2) is 11.9. The largest absolute Gasteiger partial charge is 0.478 e. The van der Waals surface area contributed by atoms with Crippen LogP contribution in [-0.2, 0) is 16.1 Å². The Bertz CT molecular complexity index is 1290. The van der Waals surface area contributed by atoms with E-state index < -0.39 is 16.6 Å². The van der Waals surface area contributed by atoms with Crippen molar-refractivity contribution < 1.29 is 23.8 Å². The molecule has 38 heavy (non-hydrogen) atoms. The van der Waals surface area contributed by atoms with Gasteiger partial charge >= 0.3 is 5.97 Å². The molecular weight excluding hydrogens is 500 g/mol. The standard InChI is InChI=1S/C30H34N2O5S/c1-31(2)27-13-11-25(12-14-27)24-9-6-23(7-10-24)21-32(30(35)26-16-18-38(36,37)19-17-26)28-5-3-4-22(20-28)8-15-29(33)34/h3-15,20,26,36-37H,16-19,21H2,1-2H3,(H,33,34). The molecule has 0 bridgehead atoms. The molecule has 0 spiro atoms. The molecule has 7 nitrogen and oxygen atoms in total. The molecule has 1 heterocycles. The summed E-state index contributed by atoms with van der Waals surface area (Å²) in [6.45, 7) is 0.345. The van der Waals surface area contributed by atoms with Crippen molar-refractivity contribution >= 4 is 39.9 Å². The van der Waals surface area contributed by atoms with Crippen LogP contribution in [0.1, 0.15) is 24.0 Å². The van der Waals surface area contributed by atoms with Gasteiger partial charge in [-0.2, -0.15) is 10.6 Å². The van der Waals surface area contributed by atoms with E-state index in [0.717, 1.165) is 28.5 Å². The zero-order valence-corrected chi connectivity index (χ0v) is 22.5. The van der Waals surface area contributed by atoms with Gasteiger partial charge < -0.3 is 14.9 Å². The van der Waals surface area contributed by atoms with E-state index in [1.165, 1.54) is 6.08 Å². The lowest BCUT2D eigenvalue weighted by molar-refractivity contribution is -0.131. The van der Waals surface area contributed by atoms with E-state index in [1.807, 2.05) is 44.4 Å². The summed E-state index contributed by atoms with van der Waals surface area (Å²) in [7, 11) is 1.42. The van der Waals surface area contributed by atoms with Crippen molar-refractivity contribution in [1.82, 2.24) is 0 Å². The number of benzene rings is 3. The number of carbonyl (C=O) groups excluding carboxylic acids is 1.